The van der Waals surface area contributed by atoms with Crippen molar-refractivity contribution in [2.24, 2.45) is 11.8 Å². The van der Waals surface area contributed by atoms with Gasteiger partial charge in [-0.05, 0) is 50.1 Å². The van der Waals surface area contributed by atoms with Crippen molar-refractivity contribution in [2.45, 2.75) is 46.5 Å². The quantitative estimate of drug-likeness (QED) is 0.838. The largest absolute Gasteiger partial charge is 0.462 e. The van der Waals surface area contributed by atoms with Gasteiger partial charge in [0.2, 0.25) is 0 Å². The predicted octanol–water partition coefficient (Wildman–Crippen LogP) is 3.87. The second-order valence-corrected chi connectivity index (χ2v) is 6.48. The Bertz CT molecular complexity index is 459. The highest BCUT2D eigenvalue weighted by molar-refractivity contribution is 7.10. The standard InChI is InChI=1S/C15H24N2O2S/c1-4-19-15(18)13-11(3)17-20-14(13)16-9-12-7-5-6-10(2)8-12/h10,12,16H,4-9H2,1-3H3. The van der Waals surface area contributed by atoms with Crippen molar-refractivity contribution in [3.8, 4) is 0 Å². The average molecular weight is 296 g/mol. The molecule has 112 valence electrons. The van der Waals surface area contributed by atoms with Crippen LogP contribution in [0.25, 0.3) is 0 Å². The smallest absolute Gasteiger partial charge is 0.343 e. The molecular formula is C15H24N2O2S. The number of rotatable bonds is 5. The topological polar surface area (TPSA) is 51.2 Å². The summed E-state index contributed by atoms with van der Waals surface area (Å²) < 4.78 is 9.38. The van der Waals surface area contributed by atoms with Crippen LogP contribution < -0.4 is 5.32 Å². The van der Waals surface area contributed by atoms with E-state index in [2.05, 4.69) is 16.6 Å². The number of hydrogen-bond acceptors (Lipinski definition) is 5. The lowest BCUT2D eigenvalue weighted by atomic mass is 9.82. The van der Waals surface area contributed by atoms with Gasteiger partial charge in [0.1, 0.15) is 10.6 Å². The second kappa shape index (κ2) is 7.07. The Kier molecular flexibility index (Phi) is 5.40. The van der Waals surface area contributed by atoms with Crippen LogP contribution >= 0.6 is 11.5 Å². The molecule has 0 spiro atoms. The number of anilines is 1. The maximum Gasteiger partial charge on any atom is 0.343 e. The number of nitrogens with one attached hydrogen (secondary N) is 1. The number of ether oxygens (including phenoxy) is 1. The Morgan fingerprint density at radius 3 is 3.00 bits per heavy atom. The molecule has 0 saturated heterocycles. The molecule has 2 atom stereocenters. The van der Waals surface area contributed by atoms with Gasteiger partial charge in [0.25, 0.3) is 0 Å². The van der Waals surface area contributed by atoms with Gasteiger partial charge in [-0.15, -0.1) is 0 Å². The number of carbonyl (C=O) groups excluding carboxylic acids is 1. The molecule has 4 nitrogen and oxygen atoms in total. The van der Waals surface area contributed by atoms with E-state index in [4.69, 9.17) is 4.74 Å². The summed E-state index contributed by atoms with van der Waals surface area (Å²) in [4.78, 5) is 12.0. The van der Waals surface area contributed by atoms with Crippen LogP contribution in [0.5, 0.6) is 0 Å². The molecule has 2 rings (SSSR count). The van der Waals surface area contributed by atoms with E-state index >= 15 is 0 Å². The Balaban J connectivity index is 1.97. The van der Waals surface area contributed by atoms with Gasteiger partial charge < -0.3 is 10.1 Å². The molecule has 1 fully saturated rings. The van der Waals surface area contributed by atoms with Crippen LogP contribution in [0.1, 0.15) is 55.6 Å². The first-order valence-corrected chi connectivity index (χ1v) is 8.26. The van der Waals surface area contributed by atoms with Crippen LogP contribution in [-0.4, -0.2) is 23.5 Å². The monoisotopic (exact) mass is 296 g/mol. The lowest BCUT2D eigenvalue weighted by Crippen LogP contribution is -2.21. The van der Waals surface area contributed by atoms with E-state index in [1.54, 1.807) is 0 Å². The highest BCUT2D eigenvalue weighted by atomic mass is 32.1. The molecule has 1 heterocycles. The molecule has 0 radical (unpaired) electrons. The van der Waals surface area contributed by atoms with Gasteiger partial charge in [0.15, 0.2) is 0 Å². The second-order valence-electron chi connectivity index (χ2n) is 5.71. The van der Waals surface area contributed by atoms with Crippen LogP contribution in [0.4, 0.5) is 5.00 Å². The zero-order valence-corrected chi connectivity index (χ0v) is 13.4. The Labute approximate surface area is 125 Å². The number of aryl methyl sites for hydroxylation is 1. The third-order valence-electron chi connectivity index (χ3n) is 3.94. The van der Waals surface area contributed by atoms with Gasteiger partial charge in [-0.25, -0.2) is 4.79 Å². The fourth-order valence-electron chi connectivity index (χ4n) is 2.92. The minimum Gasteiger partial charge on any atom is -0.462 e. The van der Waals surface area contributed by atoms with Crippen LogP contribution in [0.3, 0.4) is 0 Å². The molecule has 0 aromatic carbocycles. The van der Waals surface area contributed by atoms with Crippen molar-refractivity contribution in [3.05, 3.63) is 11.3 Å². The number of nitrogens with zero attached hydrogens (tertiary/aromatic N) is 1. The summed E-state index contributed by atoms with van der Waals surface area (Å²) in [7, 11) is 0. The predicted molar refractivity (Wildman–Crippen MR) is 82.4 cm³/mol. The molecule has 2 unspecified atom stereocenters. The van der Waals surface area contributed by atoms with Gasteiger partial charge in [0, 0.05) is 6.54 Å². The summed E-state index contributed by atoms with van der Waals surface area (Å²) in [6, 6.07) is 0. The minimum absolute atomic E-state index is 0.265. The van der Waals surface area contributed by atoms with Gasteiger partial charge in [-0.2, -0.15) is 4.37 Å². The fourth-order valence-corrected chi connectivity index (χ4v) is 3.71. The minimum atomic E-state index is -0.265. The van der Waals surface area contributed by atoms with E-state index in [0.717, 1.165) is 23.2 Å². The van der Waals surface area contributed by atoms with Crippen molar-refractivity contribution in [2.75, 3.05) is 18.5 Å². The Morgan fingerprint density at radius 1 is 1.50 bits per heavy atom. The van der Waals surface area contributed by atoms with Crippen LogP contribution in [-0.2, 0) is 4.74 Å². The van der Waals surface area contributed by atoms with Crippen molar-refractivity contribution in [1.29, 1.82) is 0 Å². The summed E-state index contributed by atoms with van der Waals surface area (Å²) in [5.41, 5.74) is 1.37. The molecular weight excluding hydrogens is 272 g/mol. The van der Waals surface area contributed by atoms with E-state index in [0.29, 0.717) is 18.1 Å². The Morgan fingerprint density at radius 2 is 2.30 bits per heavy atom. The molecule has 1 aromatic heterocycles. The number of esters is 1. The van der Waals surface area contributed by atoms with Gasteiger partial charge in [0.05, 0.1) is 12.3 Å². The third-order valence-corrected chi connectivity index (χ3v) is 4.83. The zero-order valence-electron chi connectivity index (χ0n) is 12.6. The number of carbonyl (C=O) groups is 1. The zero-order chi connectivity index (χ0) is 14.5. The van der Waals surface area contributed by atoms with Crippen molar-refractivity contribution >= 4 is 22.5 Å². The summed E-state index contributed by atoms with van der Waals surface area (Å²) in [6.07, 6.45) is 5.23. The first-order valence-electron chi connectivity index (χ1n) is 7.49. The molecule has 1 aliphatic rings. The molecule has 1 saturated carbocycles. The molecule has 1 N–H and O–H groups in total. The molecule has 1 aliphatic carbocycles. The van der Waals surface area contributed by atoms with E-state index in [9.17, 15) is 4.79 Å². The summed E-state index contributed by atoms with van der Waals surface area (Å²) >= 11 is 1.36. The summed E-state index contributed by atoms with van der Waals surface area (Å²) in [6.45, 7) is 7.33. The van der Waals surface area contributed by atoms with Crippen LogP contribution in [0.15, 0.2) is 0 Å². The molecule has 5 heteroatoms. The molecule has 1 aromatic rings. The first-order chi connectivity index (χ1) is 9.61. The number of aromatic nitrogens is 1. The average Bonchev–Trinajstić information content (AvgIpc) is 2.78. The lowest BCUT2D eigenvalue weighted by molar-refractivity contribution is 0.0527. The fraction of sp³-hybridized carbons (Fsp3) is 0.733. The van der Waals surface area contributed by atoms with Gasteiger partial charge >= 0.3 is 5.97 Å². The highest BCUT2D eigenvalue weighted by Gasteiger charge is 2.22. The van der Waals surface area contributed by atoms with E-state index < -0.39 is 0 Å². The summed E-state index contributed by atoms with van der Waals surface area (Å²) in [5.74, 6) is 1.26. The summed E-state index contributed by atoms with van der Waals surface area (Å²) in [5, 5.41) is 4.28. The SMILES string of the molecule is CCOC(=O)c1c(C)nsc1NCC1CCCC(C)C1. The highest BCUT2D eigenvalue weighted by Crippen LogP contribution is 2.30. The third kappa shape index (κ3) is 3.72. The maximum absolute atomic E-state index is 12.0. The van der Waals surface area contributed by atoms with E-state index in [1.807, 2.05) is 13.8 Å². The molecule has 0 amide bonds. The van der Waals surface area contributed by atoms with E-state index in [1.165, 1.54) is 37.2 Å². The van der Waals surface area contributed by atoms with Crippen molar-refractivity contribution in [1.82, 2.24) is 4.37 Å². The molecule has 0 aliphatic heterocycles. The number of hydrogen-bond donors (Lipinski definition) is 1. The van der Waals surface area contributed by atoms with Gasteiger partial charge in [-0.3, -0.25) is 0 Å². The maximum atomic E-state index is 12.0. The van der Waals surface area contributed by atoms with Crippen LogP contribution in [0.2, 0.25) is 0 Å². The first kappa shape index (κ1) is 15.3. The normalized spacial score (nSPS) is 22.6. The van der Waals surface area contributed by atoms with Crippen LogP contribution in [0, 0.1) is 18.8 Å². The molecule has 20 heavy (non-hydrogen) atoms. The van der Waals surface area contributed by atoms with E-state index in [-0.39, 0.29) is 5.97 Å². The van der Waals surface area contributed by atoms with Crippen molar-refractivity contribution in [3.63, 3.8) is 0 Å². The lowest BCUT2D eigenvalue weighted by Gasteiger charge is -2.26. The molecule has 0 bridgehead atoms. The van der Waals surface area contributed by atoms with Gasteiger partial charge in [-0.1, -0.05) is 19.8 Å². The van der Waals surface area contributed by atoms with Crippen molar-refractivity contribution < 1.29 is 9.53 Å². The Hall–Kier alpha value is -1.10.